The molecule has 0 heterocycles. The van der Waals surface area contributed by atoms with Gasteiger partial charge in [-0.25, -0.2) is 0 Å². The second-order valence-corrected chi connectivity index (χ2v) is 4.83. The van der Waals surface area contributed by atoms with Crippen LogP contribution in [0.25, 0.3) is 0 Å². The van der Waals surface area contributed by atoms with Crippen LogP contribution in [0.5, 0.6) is 0 Å². The quantitative estimate of drug-likeness (QED) is 0.832. The van der Waals surface area contributed by atoms with E-state index < -0.39 is 24.7 Å². The molecule has 18 heavy (non-hydrogen) atoms. The number of ether oxygens (including phenoxy) is 1. The van der Waals surface area contributed by atoms with E-state index in [-0.39, 0.29) is 6.10 Å². The van der Waals surface area contributed by atoms with Gasteiger partial charge in [-0.05, 0) is 18.8 Å². The molecule has 1 aliphatic carbocycles. The molecule has 0 aromatic carbocycles. The molecule has 1 fully saturated rings. The molecule has 0 bridgehead atoms. The van der Waals surface area contributed by atoms with Crippen molar-refractivity contribution in [3.63, 3.8) is 0 Å². The van der Waals surface area contributed by atoms with Crippen LogP contribution in [0.1, 0.15) is 39.0 Å². The van der Waals surface area contributed by atoms with Gasteiger partial charge in [-0.15, -0.1) is 0 Å². The summed E-state index contributed by atoms with van der Waals surface area (Å²) in [5.41, 5.74) is 0. The number of alkyl halides is 3. The fraction of sp³-hybridized carbons (Fsp3) is 0.917. The summed E-state index contributed by atoms with van der Waals surface area (Å²) >= 11 is 0. The molecule has 0 radical (unpaired) electrons. The van der Waals surface area contributed by atoms with Gasteiger partial charge in [-0.1, -0.05) is 26.2 Å². The van der Waals surface area contributed by atoms with Gasteiger partial charge < -0.3 is 9.84 Å². The number of carboxylic acids is 1. The summed E-state index contributed by atoms with van der Waals surface area (Å²) in [6.45, 7) is 1.27. The largest absolute Gasteiger partial charge is 0.481 e. The molecule has 1 aliphatic rings. The lowest BCUT2D eigenvalue weighted by atomic mass is 9.85. The van der Waals surface area contributed by atoms with Gasteiger partial charge in [0.1, 0.15) is 0 Å². The van der Waals surface area contributed by atoms with Crippen LogP contribution in [0.15, 0.2) is 0 Å². The Labute approximate surface area is 104 Å². The Kier molecular flexibility index (Phi) is 5.44. The van der Waals surface area contributed by atoms with Crippen molar-refractivity contribution in [1.82, 2.24) is 0 Å². The number of carboxylic acid groups (broad SMARTS) is 1. The number of carbonyl (C=O) groups is 1. The molecule has 0 aromatic rings. The van der Waals surface area contributed by atoms with Crippen LogP contribution in [0.3, 0.4) is 0 Å². The molecule has 0 aliphatic heterocycles. The number of halogens is 3. The zero-order chi connectivity index (χ0) is 13.8. The van der Waals surface area contributed by atoms with Crippen molar-refractivity contribution >= 4 is 5.97 Å². The monoisotopic (exact) mass is 268 g/mol. The van der Waals surface area contributed by atoms with Crippen LogP contribution < -0.4 is 0 Å². The van der Waals surface area contributed by atoms with Crippen molar-refractivity contribution in [2.45, 2.75) is 51.3 Å². The Morgan fingerprint density at radius 3 is 2.61 bits per heavy atom. The van der Waals surface area contributed by atoms with Crippen LogP contribution >= 0.6 is 0 Å². The first-order valence-corrected chi connectivity index (χ1v) is 6.25. The number of aliphatic carboxylic acids is 1. The Bertz CT molecular complexity index is 278. The molecular weight excluding hydrogens is 249 g/mol. The van der Waals surface area contributed by atoms with E-state index in [1.54, 1.807) is 0 Å². The maximum Gasteiger partial charge on any atom is 0.404 e. The maximum absolute atomic E-state index is 12.4. The lowest BCUT2D eigenvalue weighted by Crippen LogP contribution is -2.36. The van der Waals surface area contributed by atoms with Crippen molar-refractivity contribution in [2.75, 3.05) is 6.61 Å². The van der Waals surface area contributed by atoms with Crippen molar-refractivity contribution in [3.05, 3.63) is 0 Å². The molecule has 1 saturated carbocycles. The molecule has 106 valence electrons. The normalized spacial score (nSPS) is 26.9. The van der Waals surface area contributed by atoms with Crippen molar-refractivity contribution < 1.29 is 27.8 Å². The van der Waals surface area contributed by atoms with Gasteiger partial charge >= 0.3 is 12.1 Å². The first-order chi connectivity index (χ1) is 8.34. The highest BCUT2D eigenvalue weighted by molar-refractivity contribution is 5.71. The van der Waals surface area contributed by atoms with Crippen molar-refractivity contribution in [3.8, 4) is 0 Å². The fourth-order valence-corrected chi connectivity index (χ4v) is 2.30. The highest BCUT2D eigenvalue weighted by atomic mass is 19.4. The minimum absolute atomic E-state index is 0.229. The van der Waals surface area contributed by atoms with Gasteiger partial charge in [0.15, 0.2) is 5.92 Å². The predicted octanol–water partition coefficient (Wildman–Crippen LogP) is 3.23. The van der Waals surface area contributed by atoms with E-state index in [1.165, 1.54) is 0 Å². The van der Waals surface area contributed by atoms with Crippen LogP contribution in [-0.2, 0) is 9.53 Å². The average molecular weight is 268 g/mol. The molecule has 0 aromatic heterocycles. The molecule has 0 saturated heterocycles. The van der Waals surface area contributed by atoms with Crippen LogP contribution in [-0.4, -0.2) is 30.0 Å². The van der Waals surface area contributed by atoms with Gasteiger partial charge in [-0.2, -0.15) is 13.2 Å². The number of rotatable bonds is 5. The van der Waals surface area contributed by atoms with Crippen LogP contribution in [0, 0.1) is 11.8 Å². The van der Waals surface area contributed by atoms with Gasteiger partial charge in [0.05, 0.1) is 12.7 Å². The summed E-state index contributed by atoms with van der Waals surface area (Å²) < 4.78 is 42.4. The van der Waals surface area contributed by atoms with E-state index in [0.717, 1.165) is 32.1 Å². The van der Waals surface area contributed by atoms with Gasteiger partial charge in [0.25, 0.3) is 0 Å². The van der Waals surface area contributed by atoms with E-state index in [0.29, 0.717) is 5.92 Å². The van der Waals surface area contributed by atoms with E-state index in [9.17, 15) is 18.0 Å². The van der Waals surface area contributed by atoms with Gasteiger partial charge in [0, 0.05) is 0 Å². The second kappa shape index (κ2) is 6.41. The molecule has 1 N–H and O–H groups in total. The summed E-state index contributed by atoms with van der Waals surface area (Å²) in [7, 11) is 0. The molecule has 0 spiro atoms. The Morgan fingerprint density at radius 1 is 1.44 bits per heavy atom. The Morgan fingerprint density at radius 2 is 2.11 bits per heavy atom. The van der Waals surface area contributed by atoms with E-state index in [1.807, 2.05) is 6.92 Å². The van der Waals surface area contributed by atoms with Gasteiger partial charge in [-0.3, -0.25) is 4.79 Å². The maximum atomic E-state index is 12.4. The Balaban J connectivity index is 2.45. The predicted molar refractivity (Wildman–Crippen MR) is 59.2 cm³/mol. The highest BCUT2D eigenvalue weighted by Gasteiger charge is 2.45. The molecule has 3 unspecified atom stereocenters. The number of hydrogen-bond donors (Lipinski definition) is 1. The van der Waals surface area contributed by atoms with E-state index >= 15 is 0 Å². The second-order valence-electron chi connectivity index (χ2n) is 4.83. The zero-order valence-corrected chi connectivity index (χ0v) is 10.4. The highest BCUT2D eigenvalue weighted by Crippen LogP contribution is 2.31. The van der Waals surface area contributed by atoms with Crippen LogP contribution in [0.4, 0.5) is 13.2 Å². The summed E-state index contributed by atoms with van der Waals surface area (Å²) in [6.07, 6.45) is -0.508. The van der Waals surface area contributed by atoms with Crippen LogP contribution in [0.2, 0.25) is 0 Å². The number of hydrogen-bond acceptors (Lipinski definition) is 2. The summed E-state index contributed by atoms with van der Waals surface area (Å²) in [5.74, 6) is -3.80. The third-order valence-corrected chi connectivity index (χ3v) is 3.50. The minimum atomic E-state index is -4.75. The fourth-order valence-electron chi connectivity index (χ4n) is 2.30. The molecule has 3 nitrogen and oxygen atoms in total. The standard InChI is InChI=1S/C12H19F3O3/c1-2-8-4-3-5-9(6-8)18-7-10(11(16)17)12(13,14)15/h8-10H,2-7H2,1H3,(H,16,17). The first kappa shape index (κ1) is 15.3. The Hall–Kier alpha value is -0.780. The smallest absolute Gasteiger partial charge is 0.404 e. The average Bonchev–Trinajstić information content (AvgIpc) is 2.27. The third kappa shape index (κ3) is 4.48. The zero-order valence-electron chi connectivity index (χ0n) is 10.4. The van der Waals surface area contributed by atoms with Crippen molar-refractivity contribution in [1.29, 1.82) is 0 Å². The molecule has 1 rings (SSSR count). The molecular formula is C12H19F3O3. The lowest BCUT2D eigenvalue weighted by molar-refractivity contribution is -0.206. The van der Waals surface area contributed by atoms with E-state index in [4.69, 9.17) is 9.84 Å². The topological polar surface area (TPSA) is 46.5 Å². The summed E-state index contributed by atoms with van der Waals surface area (Å²) in [4.78, 5) is 10.5. The molecule has 6 heteroatoms. The molecule has 0 amide bonds. The summed E-state index contributed by atoms with van der Waals surface area (Å²) in [5, 5.41) is 8.54. The summed E-state index contributed by atoms with van der Waals surface area (Å²) in [6, 6.07) is 0. The molecule has 3 atom stereocenters. The first-order valence-electron chi connectivity index (χ1n) is 6.25. The van der Waals surface area contributed by atoms with E-state index in [2.05, 4.69) is 0 Å². The third-order valence-electron chi connectivity index (χ3n) is 3.50. The lowest BCUT2D eigenvalue weighted by Gasteiger charge is -2.29. The SMILES string of the molecule is CCC1CCCC(OCC(C(=O)O)C(F)(F)F)C1. The minimum Gasteiger partial charge on any atom is -0.481 e. The van der Waals surface area contributed by atoms with Gasteiger partial charge in [0.2, 0.25) is 0 Å². The van der Waals surface area contributed by atoms with Crippen molar-refractivity contribution in [2.24, 2.45) is 11.8 Å².